The van der Waals surface area contributed by atoms with Gasteiger partial charge in [-0.15, -0.1) is 0 Å². The van der Waals surface area contributed by atoms with E-state index in [9.17, 15) is 4.79 Å². The molecule has 4 rings (SSSR count). The first-order chi connectivity index (χ1) is 14.1. The first-order valence-electron chi connectivity index (χ1n) is 9.33. The minimum absolute atomic E-state index is 0.214. The van der Waals surface area contributed by atoms with Gasteiger partial charge in [-0.2, -0.15) is 0 Å². The molecule has 1 heterocycles. The van der Waals surface area contributed by atoms with Crippen molar-refractivity contribution in [1.82, 2.24) is 4.98 Å². The number of halogens is 1. The van der Waals surface area contributed by atoms with Crippen molar-refractivity contribution in [1.29, 1.82) is 0 Å². The fraction of sp³-hybridized carbons (Fsp3) is 0.130. The van der Waals surface area contributed by atoms with Crippen LogP contribution in [0, 0.1) is 0 Å². The molecule has 0 aliphatic carbocycles. The van der Waals surface area contributed by atoms with Crippen LogP contribution in [0.15, 0.2) is 71.1 Å². The number of hydrogen-bond acceptors (Lipinski definition) is 4. The predicted molar refractivity (Wildman–Crippen MR) is 115 cm³/mol. The summed E-state index contributed by atoms with van der Waals surface area (Å²) in [6.45, 7) is 2.65. The van der Waals surface area contributed by atoms with Crippen molar-refractivity contribution in [2.45, 2.75) is 13.3 Å². The molecule has 146 valence electrons. The number of rotatable bonds is 6. The normalized spacial score (nSPS) is 10.8. The second-order valence-corrected chi connectivity index (χ2v) is 6.98. The third kappa shape index (κ3) is 4.41. The molecule has 0 saturated carbocycles. The maximum Gasteiger partial charge on any atom is 0.255 e. The third-order valence-corrected chi connectivity index (χ3v) is 4.52. The number of benzene rings is 3. The van der Waals surface area contributed by atoms with Gasteiger partial charge in [0.2, 0.25) is 5.89 Å². The molecule has 6 heteroatoms. The Morgan fingerprint density at radius 2 is 1.97 bits per heavy atom. The van der Waals surface area contributed by atoms with Gasteiger partial charge in [-0.25, -0.2) is 4.98 Å². The molecule has 1 amide bonds. The minimum atomic E-state index is -0.214. The van der Waals surface area contributed by atoms with E-state index < -0.39 is 0 Å². The number of ether oxygens (including phenoxy) is 1. The highest BCUT2D eigenvalue weighted by atomic mass is 35.5. The molecule has 0 fully saturated rings. The number of nitrogens with one attached hydrogen (secondary N) is 1. The van der Waals surface area contributed by atoms with Crippen LogP contribution in [0.1, 0.15) is 23.7 Å². The Hall–Kier alpha value is -3.31. The maximum atomic E-state index is 12.6. The van der Waals surface area contributed by atoms with Crippen LogP contribution in [-0.4, -0.2) is 17.5 Å². The zero-order valence-corrected chi connectivity index (χ0v) is 16.6. The van der Waals surface area contributed by atoms with Gasteiger partial charge in [-0.05, 0) is 61.0 Å². The predicted octanol–water partition coefficient (Wildman–Crippen LogP) is 6.19. The largest absolute Gasteiger partial charge is 0.494 e. The molecule has 0 saturated heterocycles. The van der Waals surface area contributed by atoms with Crippen LogP contribution in [0.2, 0.25) is 5.02 Å². The smallest absolute Gasteiger partial charge is 0.255 e. The molecule has 1 aromatic heterocycles. The highest BCUT2D eigenvalue weighted by Crippen LogP contribution is 2.28. The Morgan fingerprint density at radius 1 is 1.10 bits per heavy atom. The van der Waals surface area contributed by atoms with Crippen LogP contribution < -0.4 is 10.1 Å². The monoisotopic (exact) mass is 406 g/mol. The van der Waals surface area contributed by atoms with Crippen LogP contribution in [0.4, 0.5) is 5.69 Å². The van der Waals surface area contributed by atoms with E-state index in [-0.39, 0.29) is 5.91 Å². The number of oxazole rings is 1. The van der Waals surface area contributed by atoms with E-state index in [4.69, 9.17) is 20.8 Å². The van der Waals surface area contributed by atoms with Crippen molar-refractivity contribution in [3.63, 3.8) is 0 Å². The Bertz CT molecular complexity index is 1170. The van der Waals surface area contributed by atoms with E-state index in [1.807, 2.05) is 37.3 Å². The van der Waals surface area contributed by atoms with Gasteiger partial charge in [0.05, 0.1) is 6.61 Å². The lowest BCUT2D eigenvalue weighted by Gasteiger charge is -2.09. The fourth-order valence-electron chi connectivity index (χ4n) is 2.90. The summed E-state index contributed by atoms with van der Waals surface area (Å²) in [6.07, 6.45) is 0.908. The van der Waals surface area contributed by atoms with Gasteiger partial charge in [-0.3, -0.25) is 4.79 Å². The first kappa shape index (κ1) is 19.0. The molecule has 0 aliphatic rings. The lowest BCUT2D eigenvalue weighted by molar-refractivity contribution is 0.102. The zero-order valence-electron chi connectivity index (χ0n) is 15.8. The van der Waals surface area contributed by atoms with Crippen LogP contribution in [0.3, 0.4) is 0 Å². The van der Waals surface area contributed by atoms with E-state index in [1.165, 1.54) is 0 Å². The molecule has 0 atom stereocenters. The maximum absolute atomic E-state index is 12.6. The van der Waals surface area contributed by atoms with Crippen molar-refractivity contribution >= 4 is 34.3 Å². The van der Waals surface area contributed by atoms with Gasteiger partial charge in [0, 0.05) is 21.8 Å². The summed E-state index contributed by atoms with van der Waals surface area (Å²) in [5.74, 6) is 0.931. The number of carbonyl (C=O) groups excluding carboxylic acids is 1. The highest BCUT2D eigenvalue weighted by Gasteiger charge is 2.11. The number of fused-ring (bicyclic) bond motifs is 1. The molecule has 29 heavy (non-hydrogen) atoms. The molecule has 0 spiro atoms. The van der Waals surface area contributed by atoms with E-state index >= 15 is 0 Å². The van der Waals surface area contributed by atoms with E-state index in [2.05, 4.69) is 10.3 Å². The standard InChI is InChI=1S/C23H19ClN2O3/c1-2-11-28-19-8-4-5-15(13-19)22(27)25-18-7-3-6-16(12-18)23-26-20-14-17(24)9-10-21(20)29-23/h3-10,12-14H,2,11H2,1H3,(H,25,27). The van der Waals surface area contributed by atoms with Crippen molar-refractivity contribution in [2.75, 3.05) is 11.9 Å². The number of nitrogens with zero attached hydrogens (tertiary/aromatic N) is 1. The molecule has 3 aromatic carbocycles. The summed E-state index contributed by atoms with van der Waals surface area (Å²) in [7, 11) is 0. The van der Waals surface area contributed by atoms with E-state index in [0.717, 1.165) is 12.0 Å². The molecule has 0 unspecified atom stereocenters. The average molecular weight is 407 g/mol. The second-order valence-electron chi connectivity index (χ2n) is 6.54. The van der Waals surface area contributed by atoms with Gasteiger partial charge in [0.15, 0.2) is 5.58 Å². The van der Waals surface area contributed by atoms with Gasteiger partial charge in [0.1, 0.15) is 11.3 Å². The third-order valence-electron chi connectivity index (χ3n) is 4.29. The molecule has 1 N–H and O–H groups in total. The molecular weight excluding hydrogens is 388 g/mol. The van der Waals surface area contributed by atoms with Crippen molar-refractivity contribution in [3.8, 4) is 17.2 Å². The number of aromatic nitrogens is 1. The summed E-state index contributed by atoms with van der Waals surface area (Å²) < 4.78 is 11.4. The van der Waals surface area contributed by atoms with Gasteiger partial charge in [-0.1, -0.05) is 30.7 Å². The molecule has 0 bridgehead atoms. The van der Waals surface area contributed by atoms with Gasteiger partial charge >= 0.3 is 0 Å². The number of anilines is 1. The topological polar surface area (TPSA) is 64.4 Å². The van der Waals surface area contributed by atoms with Gasteiger partial charge < -0.3 is 14.5 Å². The van der Waals surface area contributed by atoms with Gasteiger partial charge in [0.25, 0.3) is 5.91 Å². The van der Waals surface area contributed by atoms with Crippen LogP contribution in [0.25, 0.3) is 22.6 Å². The summed E-state index contributed by atoms with van der Waals surface area (Å²) in [4.78, 5) is 17.1. The molecule has 0 radical (unpaired) electrons. The molecule has 4 aromatic rings. The lowest BCUT2D eigenvalue weighted by Crippen LogP contribution is -2.12. The number of amides is 1. The SMILES string of the molecule is CCCOc1cccc(C(=O)Nc2cccc(-c3nc4cc(Cl)ccc4o3)c2)c1. The van der Waals surface area contributed by atoms with Crippen LogP contribution in [-0.2, 0) is 0 Å². The van der Waals surface area contributed by atoms with Crippen LogP contribution in [0.5, 0.6) is 5.75 Å². The van der Waals surface area contributed by atoms with Crippen molar-refractivity contribution in [3.05, 3.63) is 77.3 Å². The van der Waals surface area contributed by atoms with E-state index in [0.29, 0.717) is 45.6 Å². The summed E-state index contributed by atoms with van der Waals surface area (Å²) in [6, 6.07) is 19.8. The number of carbonyl (C=O) groups is 1. The quantitative estimate of drug-likeness (QED) is 0.414. The molecular formula is C23H19ClN2O3. The molecule has 0 aliphatic heterocycles. The van der Waals surface area contributed by atoms with Crippen molar-refractivity contribution in [2.24, 2.45) is 0 Å². The Balaban J connectivity index is 1.55. The first-order valence-corrected chi connectivity index (χ1v) is 9.71. The Morgan fingerprint density at radius 3 is 2.83 bits per heavy atom. The summed E-state index contributed by atoms with van der Waals surface area (Å²) in [5.41, 5.74) is 3.27. The summed E-state index contributed by atoms with van der Waals surface area (Å²) >= 11 is 6.02. The average Bonchev–Trinajstić information content (AvgIpc) is 3.16. The number of hydrogen-bond donors (Lipinski definition) is 1. The lowest BCUT2D eigenvalue weighted by atomic mass is 10.1. The second kappa shape index (κ2) is 8.37. The summed E-state index contributed by atoms with van der Waals surface area (Å²) in [5, 5.41) is 3.51. The Kier molecular flexibility index (Phi) is 5.49. The van der Waals surface area contributed by atoms with Crippen LogP contribution >= 0.6 is 11.6 Å². The zero-order chi connectivity index (χ0) is 20.2. The fourth-order valence-corrected chi connectivity index (χ4v) is 3.07. The highest BCUT2D eigenvalue weighted by molar-refractivity contribution is 6.31. The van der Waals surface area contributed by atoms with Crippen molar-refractivity contribution < 1.29 is 13.9 Å². The molecule has 5 nitrogen and oxygen atoms in total. The Labute approximate surface area is 173 Å². The van der Waals surface area contributed by atoms with E-state index in [1.54, 1.807) is 36.4 Å². The minimum Gasteiger partial charge on any atom is -0.494 e.